The first-order valence-electron chi connectivity index (χ1n) is 10.3. The van der Waals surface area contributed by atoms with Crippen LogP contribution in [-0.4, -0.2) is 16.1 Å². The van der Waals surface area contributed by atoms with Crippen molar-refractivity contribution in [2.24, 2.45) is 5.92 Å². The molecule has 4 nitrogen and oxygen atoms in total. The maximum atomic E-state index is 14.2. The number of carbonyl (C=O) groups is 2. The number of rotatable bonds is 6. The predicted octanol–water partition coefficient (Wildman–Crippen LogP) is 8.35. The average Bonchev–Trinajstić information content (AvgIpc) is 3.38. The number of halogens is 7. The molecular formula is C25H15Cl5F2N2O2. The van der Waals surface area contributed by atoms with Crippen LogP contribution in [0.25, 0.3) is 6.08 Å². The van der Waals surface area contributed by atoms with Gasteiger partial charge in [-0.15, -0.1) is 23.2 Å². The Kier molecular flexibility index (Phi) is 7.56. The van der Waals surface area contributed by atoms with Gasteiger partial charge in [0.1, 0.15) is 16.0 Å². The van der Waals surface area contributed by atoms with Crippen LogP contribution in [0.15, 0.2) is 55.1 Å². The molecule has 2 amide bonds. The number of alkyl halides is 2. The first kappa shape index (κ1) is 26.7. The van der Waals surface area contributed by atoms with Crippen molar-refractivity contribution in [1.29, 1.82) is 0 Å². The molecule has 0 aliphatic heterocycles. The van der Waals surface area contributed by atoms with Gasteiger partial charge in [-0.3, -0.25) is 9.59 Å². The van der Waals surface area contributed by atoms with Crippen LogP contribution < -0.4 is 10.6 Å². The molecule has 2 unspecified atom stereocenters. The number of anilines is 2. The molecule has 0 heterocycles. The van der Waals surface area contributed by atoms with E-state index in [0.717, 1.165) is 6.07 Å². The summed E-state index contributed by atoms with van der Waals surface area (Å²) >= 11 is 31.0. The first-order valence-corrected chi connectivity index (χ1v) is 12.2. The molecule has 11 heteroatoms. The van der Waals surface area contributed by atoms with Gasteiger partial charge in [0.15, 0.2) is 0 Å². The number of hydrogen-bond acceptors (Lipinski definition) is 2. The molecule has 0 radical (unpaired) electrons. The summed E-state index contributed by atoms with van der Waals surface area (Å²) in [4.78, 5) is 25.8. The summed E-state index contributed by atoms with van der Waals surface area (Å²) in [5.41, 5.74) is 0.505. The molecular weight excluding hydrogens is 576 g/mol. The van der Waals surface area contributed by atoms with Gasteiger partial charge in [-0.25, -0.2) is 8.78 Å². The summed E-state index contributed by atoms with van der Waals surface area (Å²) in [7, 11) is 0. The second-order valence-electron chi connectivity index (χ2n) is 8.03. The van der Waals surface area contributed by atoms with Crippen LogP contribution in [-0.2, 0) is 4.79 Å². The highest BCUT2D eigenvalue weighted by molar-refractivity contribution is 6.53. The molecule has 36 heavy (non-hydrogen) atoms. The third kappa shape index (κ3) is 5.34. The van der Waals surface area contributed by atoms with Gasteiger partial charge in [0, 0.05) is 33.3 Å². The highest BCUT2D eigenvalue weighted by Gasteiger charge is 2.67. The van der Waals surface area contributed by atoms with Gasteiger partial charge in [-0.1, -0.05) is 47.5 Å². The Labute approximate surface area is 230 Å². The summed E-state index contributed by atoms with van der Waals surface area (Å²) in [6.45, 7) is 3.45. The molecule has 0 saturated heterocycles. The normalized spacial score (nSPS) is 17.9. The predicted molar refractivity (Wildman–Crippen MR) is 142 cm³/mol. The van der Waals surface area contributed by atoms with Gasteiger partial charge < -0.3 is 10.6 Å². The Morgan fingerprint density at radius 3 is 2.22 bits per heavy atom. The van der Waals surface area contributed by atoms with Gasteiger partial charge in [0.05, 0.1) is 22.2 Å². The minimum atomic E-state index is -1.40. The quantitative estimate of drug-likeness (QED) is 0.284. The van der Waals surface area contributed by atoms with E-state index in [0.29, 0.717) is 21.7 Å². The van der Waals surface area contributed by atoms with Crippen molar-refractivity contribution < 1.29 is 18.4 Å². The molecule has 4 rings (SSSR count). The van der Waals surface area contributed by atoms with Crippen molar-refractivity contribution in [3.8, 4) is 0 Å². The second kappa shape index (κ2) is 10.2. The molecule has 1 aliphatic carbocycles. The maximum absolute atomic E-state index is 14.2. The minimum Gasteiger partial charge on any atom is -0.326 e. The molecule has 0 bridgehead atoms. The monoisotopic (exact) mass is 588 g/mol. The van der Waals surface area contributed by atoms with E-state index in [1.165, 1.54) is 24.3 Å². The lowest BCUT2D eigenvalue weighted by Crippen LogP contribution is -2.18. The number of nitrogens with one attached hydrogen (secondary N) is 2. The number of amides is 2. The van der Waals surface area contributed by atoms with E-state index in [1.807, 2.05) is 0 Å². The summed E-state index contributed by atoms with van der Waals surface area (Å²) < 4.78 is 26.5. The highest BCUT2D eigenvalue weighted by atomic mass is 35.5. The third-order valence-electron chi connectivity index (χ3n) is 5.61. The van der Waals surface area contributed by atoms with Crippen molar-refractivity contribution in [2.75, 3.05) is 10.6 Å². The number of carbonyl (C=O) groups excluding carboxylic acids is 2. The number of hydrogen-bond donors (Lipinski definition) is 2. The summed E-state index contributed by atoms with van der Waals surface area (Å²) in [5.74, 6) is -4.47. The van der Waals surface area contributed by atoms with Crippen molar-refractivity contribution in [2.45, 2.75) is 10.3 Å². The van der Waals surface area contributed by atoms with Gasteiger partial charge in [0.2, 0.25) is 5.91 Å². The zero-order valence-electron chi connectivity index (χ0n) is 18.0. The molecule has 1 aliphatic rings. The fourth-order valence-electron chi connectivity index (χ4n) is 3.83. The molecule has 1 saturated carbocycles. The van der Waals surface area contributed by atoms with E-state index in [2.05, 4.69) is 17.2 Å². The molecule has 0 aromatic heterocycles. The average molecular weight is 591 g/mol. The fraction of sp³-hybridized carbons (Fsp3) is 0.120. The first-order chi connectivity index (χ1) is 16.9. The molecule has 0 spiro atoms. The van der Waals surface area contributed by atoms with E-state index in [9.17, 15) is 18.4 Å². The van der Waals surface area contributed by atoms with Crippen molar-refractivity contribution in [3.05, 3.63) is 98.5 Å². The molecule has 186 valence electrons. The van der Waals surface area contributed by atoms with Gasteiger partial charge in [-0.05, 0) is 48.0 Å². The van der Waals surface area contributed by atoms with Crippen molar-refractivity contribution >= 4 is 87.3 Å². The van der Waals surface area contributed by atoms with Crippen LogP contribution in [0.5, 0.6) is 0 Å². The van der Waals surface area contributed by atoms with E-state index < -0.39 is 39.6 Å². The fourth-order valence-corrected chi connectivity index (χ4v) is 5.40. The SMILES string of the molecule is C=Cc1cc(NC(=O)c2cc(NC(=O)C3C(c4cc(Cl)cc(Cl)c4)C3(Cl)Cl)ccc2Cl)c(F)cc1F. The summed E-state index contributed by atoms with van der Waals surface area (Å²) in [5, 5.41) is 5.80. The molecule has 1 fully saturated rings. The second-order valence-corrected chi connectivity index (χ2v) is 10.8. The van der Waals surface area contributed by atoms with E-state index in [1.54, 1.807) is 18.2 Å². The van der Waals surface area contributed by atoms with E-state index >= 15 is 0 Å². The van der Waals surface area contributed by atoms with Crippen molar-refractivity contribution in [1.82, 2.24) is 0 Å². The lowest BCUT2D eigenvalue weighted by atomic mass is 10.1. The molecule has 2 atom stereocenters. The zero-order valence-corrected chi connectivity index (χ0v) is 21.8. The smallest absolute Gasteiger partial charge is 0.257 e. The third-order valence-corrected chi connectivity index (χ3v) is 7.32. The topological polar surface area (TPSA) is 58.2 Å². The highest BCUT2D eigenvalue weighted by Crippen LogP contribution is 2.65. The molecule has 2 N–H and O–H groups in total. The maximum Gasteiger partial charge on any atom is 0.257 e. The number of benzene rings is 3. The van der Waals surface area contributed by atoms with E-state index in [4.69, 9.17) is 58.0 Å². The summed E-state index contributed by atoms with van der Waals surface area (Å²) in [6.07, 6.45) is 1.18. The molecule has 3 aromatic carbocycles. The Morgan fingerprint density at radius 2 is 1.58 bits per heavy atom. The van der Waals surface area contributed by atoms with Gasteiger partial charge in [-0.2, -0.15) is 0 Å². The van der Waals surface area contributed by atoms with E-state index in [-0.39, 0.29) is 27.5 Å². The lowest BCUT2D eigenvalue weighted by molar-refractivity contribution is -0.117. The molecule has 3 aromatic rings. The van der Waals surface area contributed by atoms with Crippen LogP contribution in [0.3, 0.4) is 0 Å². The van der Waals surface area contributed by atoms with Crippen LogP contribution in [0, 0.1) is 17.6 Å². The Balaban J connectivity index is 1.53. The zero-order chi connectivity index (χ0) is 26.4. The van der Waals surface area contributed by atoms with Gasteiger partial charge >= 0.3 is 0 Å². The Bertz CT molecular complexity index is 1390. The van der Waals surface area contributed by atoms with Gasteiger partial charge in [0.25, 0.3) is 5.91 Å². The van der Waals surface area contributed by atoms with Crippen molar-refractivity contribution in [3.63, 3.8) is 0 Å². The Morgan fingerprint density at radius 1 is 0.917 bits per heavy atom. The van der Waals surface area contributed by atoms with Crippen LogP contribution in [0.4, 0.5) is 20.2 Å². The van der Waals surface area contributed by atoms with Crippen LogP contribution >= 0.6 is 58.0 Å². The lowest BCUT2D eigenvalue weighted by Gasteiger charge is -2.11. The van der Waals surface area contributed by atoms with Crippen LogP contribution in [0.1, 0.15) is 27.4 Å². The Hall–Kier alpha value is -2.35. The largest absolute Gasteiger partial charge is 0.326 e. The standard InChI is InChI=1S/C25H15Cl5F2N2O2/c1-2-11-7-20(19(32)10-18(11)31)34-23(35)16-9-15(3-4-17(16)28)33-24(36)22-21(25(22,29)30)12-5-13(26)8-14(27)6-12/h2-10,21-22H,1H2,(H,33,36)(H,34,35). The minimum absolute atomic E-state index is 0.00409. The summed E-state index contributed by atoms with van der Waals surface area (Å²) in [6, 6.07) is 10.7. The van der Waals surface area contributed by atoms with Crippen LogP contribution in [0.2, 0.25) is 15.1 Å².